The monoisotopic (exact) mass is 813 g/mol. The molecule has 0 saturated carbocycles. The van der Waals surface area contributed by atoms with Gasteiger partial charge >= 0.3 is 5.97 Å². The number of nitro groups is 1. The maximum absolute atomic E-state index is 13.9. The van der Waals surface area contributed by atoms with Crippen LogP contribution in [0.15, 0.2) is 75.0 Å². The van der Waals surface area contributed by atoms with E-state index in [4.69, 9.17) is 9.47 Å². The van der Waals surface area contributed by atoms with Gasteiger partial charge in [0.25, 0.3) is 11.2 Å². The third-order valence-electron chi connectivity index (χ3n) is 6.18. The Kier molecular flexibility index (Phi) is 9.06. The molecule has 2 aromatic carbocycles. The zero-order chi connectivity index (χ0) is 29.3. The Balaban J connectivity index is 1.58. The van der Waals surface area contributed by atoms with Crippen LogP contribution in [0.3, 0.4) is 0 Å². The average molecular weight is 813 g/mol. The average Bonchev–Trinajstić information content (AvgIpc) is 3.56. The third kappa shape index (κ3) is 6.17. The van der Waals surface area contributed by atoms with E-state index >= 15 is 0 Å². The molecule has 4 aromatic rings. The molecule has 5 rings (SSSR count). The fourth-order valence-electron chi connectivity index (χ4n) is 4.36. The second kappa shape index (κ2) is 12.5. The summed E-state index contributed by atoms with van der Waals surface area (Å²) in [7, 11) is 0. The van der Waals surface area contributed by atoms with Gasteiger partial charge in [-0.05, 0) is 106 Å². The van der Waals surface area contributed by atoms with Gasteiger partial charge in [0.15, 0.2) is 4.80 Å². The van der Waals surface area contributed by atoms with Crippen LogP contribution in [0.25, 0.3) is 6.08 Å². The van der Waals surface area contributed by atoms with Crippen molar-refractivity contribution in [2.45, 2.75) is 26.5 Å². The number of carbonyl (C=O) groups is 1. The number of halogens is 2. The minimum atomic E-state index is -0.638. The lowest BCUT2D eigenvalue weighted by atomic mass is 10.0. The van der Waals surface area contributed by atoms with Crippen LogP contribution < -0.4 is 19.6 Å². The van der Waals surface area contributed by atoms with Crippen molar-refractivity contribution in [3.63, 3.8) is 0 Å². The number of carbonyl (C=O) groups excluding carboxylic acids is 1. The van der Waals surface area contributed by atoms with Gasteiger partial charge in [0.1, 0.15) is 18.4 Å². The van der Waals surface area contributed by atoms with E-state index in [0.29, 0.717) is 31.9 Å². The Hall–Kier alpha value is -2.89. The number of rotatable bonds is 8. The van der Waals surface area contributed by atoms with Crippen molar-refractivity contribution >= 4 is 85.6 Å². The number of fused-ring (bicyclic) bond motifs is 1. The van der Waals surface area contributed by atoms with Gasteiger partial charge in [-0.1, -0.05) is 17.4 Å². The Labute approximate surface area is 269 Å². The number of nitrogens with zero attached hydrogens (tertiary/aromatic N) is 3. The van der Waals surface area contributed by atoms with E-state index in [1.807, 2.05) is 29.6 Å². The fraction of sp³-hybridized carbons (Fsp3) is 0.179. The molecule has 0 bridgehead atoms. The van der Waals surface area contributed by atoms with E-state index in [0.717, 1.165) is 17.6 Å². The molecule has 41 heavy (non-hydrogen) atoms. The number of esters is 1. The van der Waals surface area contributed by atoms with Crippen molar-refractivity contribution < 1.29 is 19.2 Å². The first kappa shape index (κ1) is 29.6. The first-order valence-corrected chi connectivity index (χ1v) is 16.1. The second-order valence-electron chi connectivity index (χ2n) is 8.84. The molecule has 1 aliphatic rings. The highest BCUT2D eigenvalue weighted by molar-refractivity contribution is 14.1. The lowest BCUT2D eigenvalue weighted by Crippen LogP contribution is -2.39. The summed E-state index contributed by atoms with van der Waals surface area (Å²) < 4.78 is 15.4. The SMILES string of the molecule is CCOC(=O)C1=C(C)N=c2s/c(=C\c3cc(I)cc(I)c3OCc3ccc([N+](=O)[O-])cc3)c(=O)n2[C@@H]1c1cccs1. The molecule has 1 atom stereocenters. The van der Waals surface area contributed by atoms with Gasteiger partial charge < -0.3 is 9.47 Å². The number of thiazole rings is 1. The zero-order valence-corrected chi connectivity index (χ0v) is 27.6. The molecule has 0 radical (unpaired) electrons. The molecule has 0 saturated heterocycles. The molecule has 0 unspecified atom stereocenters. The first-order valence-electron chi connectivity index (χ1n) is 12.3. The van der Waals surface area contributed by atoms with Gasteiger partial charge in [0, 0.05) is 26.1 Å². The number of allylic oxidation sites excluding steroid dienone is 1. The van der Waals surface area contributed by atoms with Gasteiger partial charge in [-0.15, -0.1) is 11.3 Å². The summed E-state index contributed by atoms with van der Waals surface area (Å²) in [5, 5.41) is 12.9. The van der Waals surface area contributed by atoms with Crippen LogP contribution in [0.5, 0.6) is 5.75 Å². The summed E-state index contributed by atoms with van der Waals surface area (Å²) >= 11 is 7.12. The quantitative estimate of drug-likeness (QED) is 0.0998. The topological polar surface area (TPSA) is 113 Å². The fourth-order valence-corrected chi connectivity index (χ4v) is 8.26. The van der Waals surface area contributed by atoms with Crippen molar-refractivity contribution in [2.75, 3.05) is 6.61 Å². The Morgan fingerprint density at radius 1 is 1.22 bits per heavy atom. The molecule has 13 heteroatoms. The summed E-state index contributed by atoms with van der Waals surface area (Å²) in [6.07, 6.45) is 1.79. The van der Waals surface area contributed by atoms with Crippen LogP contribution in [-0.4, -0.2) is 22.1 Å². The highest BCUT2D eigenvalue weighted by Crippen LogP contribution is 2.33. The Morgan fingerprint density at radius 2 is 1.98 bits per heavy atom. The highest BCUT2D eigenvalue weighted by Gasteiger charge is 2.34. The Morgan fingerprint density at radius 3 is 2.63 bits per heavy atom. The lowest BCUT2D eigenvalue weighted by Gasteiger charge is -2.23. The molecule has 0 spiro atoms. The number of nitro benzene ring substituents is 1. The molecule has 210 valence electrons. The summed E-state index contributed by atoms with van der Waals surface area (Å²) in [5.41, 5.74) is 2.10. The third-order valence-corrected chi connectivity index (χ3v) is 9.52. The summed E-state index contributed by atoms with van der Waals surface area (Å²) in [5.74, 6) is 0.101. The summed E-state index contributed by atoms with van der Waals surface area (Å²) in [6, 6.07) is 13.2. The van der Waals surface area contributed by atoms with Crippen LogP contribution in [0.1, 0.15) is 35.9 Å². The van der Waals surface area contributed by atoms with Crippen molar-refractivity contribution in [1.29, 1.82) is 0 Å². The normalized spacial score (nSPS) is 14.9. The van der Waals surface area contributed by atoms with Gasteiger partial charge in [0.2, 0.25) is 0 Å². The molecule has 3 heterocycles. The predicted octanol–water partition coefficient (Wildman–Crippen LogP) is 5.56. The minimum Gasteiger partial charge on any atom is -0.487 e. The molecular weight excluding hydrogens is 792 g/mol. The minimum absolute atomic E-state index is 0.0101. The van der Waals surface area contributed by atoms with Crippen LogP contribution in [0.2, 0.25) is 0 Å². The van der Waals surface area contributed by atoms with Gasteiger partial charge in [-0.2, -0.15) is 0 Å². The van der Waals surface area contributed by atoms with E-state index < -0.39 is 16.9 Å². The number of thiophene rings is 1. The number of benzene rings is 2. The lowest BCUT2D eigenvalue weighted by molar-refractivity contribution is -0.384. The van der Waals surface area contributed by atoms with E-state index in [1.54, 1.807) is 36.6 Å². The van der Waals surface area contributed by atoms with E-state index in [1.165, 1.54) is 34.8 Å². The largest absolute Gasteiger partial charge is 0.487 e. The van der Waals surface area contributed by atoms with Crippen molar-refractivity contribution in [2.24, 2.45) is 4.99 Å². The van der Waals surface area contributed by atoms with Crippen LogP contribution in [-0.2, 0) is 16.1 Å². The highest BCUT2D eigenvalue weighted by atomic mass is 127. The van der Waals surface area contributed by atoms with Crippen molar-refractivity contribution in [3.8, 4) is 5.75 Å². The summed E-state index contributed by atoms with van der Waals surface area (Å²) in [6.45, 7) is 3.91. The predicted molar refractivity (Wildman–Crippen MR) is 174 cm³/mol. The van der Waals surface area contributed by atoms with E-state index in [9.17, 15) is 19.7 Å². The zero-order valence-electron chi connectivity index (χ0n) is 21.6. The molecule has 0 N–H and O–H groups in total. The molecule has 2 aromatic heterocycles. The molecule has 0 aliphatic carbocycles. The molecule has 0 fully saturated rings. The maximum atomic E-state index is 13.9. The second-order valence-corrected chi connectivity index (χ2v) is 13.2. The number of non-ortho nitro benzene ring substituents is 1. The molecular formula is C28H21I2N3O6S2. The maximum Gasteiger partial charge on any atom is 0.338 e. The van der Waals surface area contributed by atoms with Crippen molar-refractivity contribution in [1.82, 2.24) is 4.57 Å². The van der Waals surface area contributed by atoms with Gasteiger partial charge in [0.05, 0.1) is 30.9 Å². The van der Waals surface area contributed by atoms with E-state index in [2.05, 4.69) is 50.2 Å². The van der Waals surface area contributed by atoms with Crippen LogP contribution in [0.4, 0.5) is 5.69 Å². The first-order chi connectivity index (χ1) is 19.7. The van der Waals surface area contributed by atoms with Crippen LogP contribution in [0, 0.1) is 17.3 Å². The molecule has 0 amide bonds. The molecule has 1 aliphatic heterocycles. The smallest absolute Gasteiger partial charge is 0.338 e. The standard InChI is InChI=1S/C28H21I2N3O6S2/c1-3-38-27(35)23-15(2)31-28-32(24(23)21-5-4-10-40-21)26(34)22(41-28)12-17-11-18(29)13-20(30)25(17)39-14-16-6-8-19(9-7-16)33(36)37/h4-13,24H,3,14H2,1-2H3/b22-12-/t24-/m1/s1. The number of hydrogen-bond donors (Lipinski definition) is 0. The molecule has 9 nitrogen and oxygen atoms in total. The van der Waals surface area contributed by atoms with E-state index in [-0.39, 0.29) is 24.5 Å². The van der Waals surface area contributed by atoms with Crippen LogP contribution >= 0.6 is 67.9 Å². The number of hydrogen-bond acceptors (Lipinski definition) is 9. The van der Waals surface area contributed by atoms with Crippen molar-refractivity contribution in [3.05, 3.63) is 118 Å². The number of ether oxygens (including phenoxy) is 2. The van der Waals surface area contributed by atoms with Gasteiger partial charge in [-0.25, -0.2) is 9.79 Å². The number of aromatic nitrogens is 1. The Bertz CT molecular complexity index is 1860. The summed E-state index contributed by atoms with van der Waals surface area (Å²) in [4.78, 5) is 43.4. The van der Waals surface area contributed by atoms with Gasteiger partial charge in [-0.3, -0.25) is 19.5 Å².